The molecule has 0 aliphatic rings. The SMILES string of the molecule is CNCc1cnn(-c2ccc(OC)cc2OC)c1C. The average molecular weight is 261 g/mol. The first-order valence-corrected chi connectivity index (χ1v) is 6.11. The summed E-state index contributed by atoms with van der Waals surface area (Å²) in [5, 5.41) is 7.56. The van der Waals surface area contributed by atoms with Gasteiger partial charge < -0.3 is 14.8 Å². The van der Waals surface area contributed by atoms with E-state index in [9.17, 15) is 0 Å². The number of nitrogens with one attached hydrogen (secondary N) is 1. The van der Waals surface area contributed by atoms with E-state index in [0.29, 0.717) is 0 Å². The molecule has 5 nitrogen and oxygen atoms in total. The number of methoxy groups -OCH3 is 2. The Morgan fingerprint density at radius 2 is 2.05 bits per heavy atom. The number of ether oxygens (including phenoxy) is 2. The van der Waals surface area contributed by atoms with Gasteiger partial charge in [-0.1, -0.05) is 0 Å². The van der Waals surface area contributed by atoms with E-state index < -0.39 is 0 Å². The fourth-order valence-corrected chi connectivity index (χ4v) is 2.01. The summed E-state index contributed by atoms with van der Waals surface area (Å²) < 4.78 is 12.5. The van der Waals surface area contributed by atoms with Gasteiger partial charge in [-0.05, 0) is 26.1 Å². The quantitative estimate of drug-likeness (QED) is 0.893. The molecule has 1 N–H and O–H groups in total. The largest absolute Gasteiger partial charge is 0.497 e. The normalized spacial score (nSPS) is 10.5. The number of benzene rings is 1. The number of aromatic nitrogens is 2. The molecule has 0 amide bonds. The molecule has 0 saturated heterocycles. The molecule has 0 bridgehead atoms. The monoisotopic (exact) mass is 261 g/mol. The molecule has 102 valence electrons. The topological polar surface area (TPSA) is 48.3 Å². The summed E-state index contributed by atoms with van der Waals surface area (Å²) in [6, 6.07) is 5.70. The lowest BCUT2D eigenvalue weighted by Crippen LogP contribution is -2.07. The Hall–Kier alpha value is -2.01. The summed E-state index contributed by atoms with van der Waals surface area (Å²) in [4.78, 5) is 0. The molecule has 0 atom stereocenters. The molecular weight excluding hydrogens is 242 g/mol. The van der Waals surface area contributed by atoms with Crippen LogP contribution in [-0.4, -0.2) is 31.0 Å². The van der Waals surface area contributed by atoms with Crippen LogP contribution in [0.5, 0.6) is 11.5 Å². The number of hydrogen-bond donors (Lipinski definition) is 1. The summed E-state index contributed by atoms with van der Waals surface area (Å²) in [6.45, 7) is 2.84. The molecule has 0 aliphatic carbocycles. The second-order valence-electron chi connectivity index (χ2n) is 4.24. The lowest BCUT2D eigenvalue weighted by Gasteiger charge is -2.12. The van der Waals surface area contributed by atoms with E-state index in [2.05, 4.69) is 10.4 Å². The van der Waals surface area contributed by atoms with Crippen LogP contribution >= 0.6 is 0 Å². The van der Waals surface area contributed by atoms with Gasteiger partial charge in [0.2, 0.25) is 0 Å². The van der Waals surface area contributed by atoms with E-state index in [1.807, 2.05) is 43.0 Å². The minimum atomic E-state index is 0.738. The first kappa shape index (κ1) is 13.4. The molecule has 5 heteroatoms. The van der Waals surface area contributed by atoms with Crippen molar-refractivity contribution < 1.29 is 9.47 Å². The first-order valence-electron chi connectivity index (χ1n) is 6.11. The molecule has 2 aromatic rings. The molecule has 19 heavy (non-hydrogen) atoms. The minimum Gasteiger partial charge on any atom is -0.497 e. The zero-order valence-corrected chi connectivity index (χ0v) is 11.7. The molecule has 1 heterocycles. The van der Waals surface area contributed by atoms with E-state index in [1.54, 1.807) is 14.2 Å². The van der Waals surface area contributed by atoms with E-state index in [1.165, 1.54) is 5.56 Å². The van der Waals surface area contributed by atoms with Crippen LogP contribution in [-0.2, 0) is 6.54 Å². The fourth-order valence-electron chi connectivity index (χ4n) is 2.01. The maximum atomic E-state index is 5.41. The highest BCUT2D eigenvalue weighted by atomic mass is 16.5. The summed E-state index contributed by atoms with van der Waals surface area (Å²) in [5.74, 6) is 1.50. The molecule has 0 aliphatic heterocycles. The second-order valence-corrected chi connectivity index (χ2v) is 4.24. The maximum Gasteiger partial charge on any atom is 0.148 e. The third kappa shape index (κ3) is 2.56. The van der Waals surface area contributed by atoms with Crippen molar-refractivity contribution in [2.75, 3.05) is 21.3 Å². The third-order valence-electron chi connectivity index (χ3n) is 3.09. The second kappa shape index (κ2) is 5.75. The number of hydrogen-bond acceptors (Lipinski definition) is 4. The lowest BCUT2D eigenvalue weighted by atomic mass is 10.2. The van der Waals surface area contributed by atoms with Crippen LogP contribution in [0.2, 0.25) is 0 Å². The Kier molecular flexibility index (Phi) is 4.06. The van der Waals surface area contributed by atoms with Gasteiger partial charge in [-0.3, -0.25) is 0 Å². The Bertz CT molecular complexity index is 564. The molecule has 0 spiro atoms. The van der Waals surface area contributed by atoms with Crippen molar-refractivity contribution in [3.63, 3.8) is 0 Å². The molecule has 1 aromatic heterocycles. The molecule has 0 saturated carbocycles. The average Bonchev–Trinajstić information content (AvgIpc) is 2.80. The predicted octanol–water partition coefficient (Wildman–Crippen LogP) is 1.92. The molecular formula is C14H19N3O2. The Morgan fingerprint density at radius 3 is 2.68 bits per heavy atom. The van der Waals surface area contributed by atoms with Crippen LogP contribution < -0.4 is 14.8 Å². The zero-order chi connectivity index (χ0) is 13.8. The number of nitrogens with zero attached hydrogens (tertiary/aromatic N) is 2. The standard InChI is InChI=1S/C14H19N3O2/c1-10-11(8-15-2)9-16-17(10)13-6-5-12(18-3)7-14(13)19-4/h5-7,9,15H,8H2,1-4H3. The van der Waals surface area contributed by atoms with Gasteiger partial charge in [0, 0.05) is 23.9 Å². The van der Waals surface area contributed by atoms with Crippen LogP contribution in [0, 0.1) is 6.92 Å². The maximum absolute atomic E-state index is 5.41. The molecule has 0 unspecified atom stereocenters. The fraction of sp³-hybridized carbons (Fsp3) is 0.357. The van der Waals surface area contributed by atoms with Crippen LogP contribution in [0.1, 0.15) is 11.3 Å². The highest BCUT2D eigenvalue weighted by Crippen LogP contribution is 2.28. The van der Waals surface area contributed by atoms with E-state index >= 15 is 0 Å². The van der Waals surface area contributed by atoms with Gasteiger partial charge in [0.05, 0.1) is 20.4 Å². The van der Waals surface area contributed by atoms with Crippen LogP contribution in [0.15, 0.2) is 24.4 Å². The van der Waals surface area contributed by atoms with Crippen molar-refractivity contribution in [3.05, 3.63) is 35.7 Å². The van der Waals surface area contributed by atoms with Crippen molar-refractivity contribution in [1.82, 2.24) is 15.1 Å². The van der Waals surface area contributed by atoms with Gasteiger partial charge in [0.25, 0.3) is 0 Å². The first-order chi connectivity index (χ1) is 9.21. The van der Waals surface area contributed by atoms with E-state index in [0.717, 1.165) is 29.4 Å². The van der Waals surface area contributed by atoms with Crippen LogP contribution in [0.25, 0.3) is 5.69 Å². The van der Waals surface area contributed by atoms with Gasteiger partial charge in [0.15, 0.2) is 0 Å². The summed E-state index contributed by atoms with van der Waals surface area (Å²) in [5.41, 5.74) is 3.17. The van der Waals surface area contributed by atoms with E-state index in [-0.39, 0.29) is 0 Å². The minimum absolute atomic E-state index is 0.738. The van der Waals surface area contributed by atoms with Gasteiger partial charge in [-0.25, -0.2) is 4.68 Å². The molecule has 1 aromatic carbocycles. The van der Waals surface area contributed by atoms with Crippen LogP contribution in [0.4, 0.5) is 0 Å². The van der Waals surface area contributed by atoms with Crippen molar-refractivity contribution >= 4 is 0 Å². The third-order valence-corrected chi connectivity index (χ3v) is 3.09. The lowest BCUT2D eigenvalue weighted by molar-refractivity contribution is 0.392. The summed E-state index contributed by atoms with van der Waals surface area (Å²) in [7, 11) is 5.20. The van der Waals surface area contributed by atoms with Crippen molar-refractivity contribution in [1.29, 1.82) is 0 Å². The van der Waals surface area contributed by atoms with Gasteiger partial charge in [-0.2, -0.15) is 5.10 Å². The molecule has 2 rings (SSSR count). The Balaban J connectivity index is 2.46. The van der Waals surface area contributed by atoms with Crippen molar-refractivity contribution in [2.45, 2.75) is 13.5 Å². The molecule has 0 radical (unpaired) electrons. The smallest absolute Gasteiger partial charge is 0.148 e. The van der Waals surface area contributed by atoms with Crippen LogP contribution in [0.3, 0.4) is 0 Å². The predicted molar refractivity (Wildman–Crippen MR) is 74.2 cm³/mol. The number of rotatable bonds is 5. The van der Waals surface area contributed by atoms with Gasteiger partial charge >= 0.3 is 0 Å². The van der Waals surface area contributed by atoms with Crippen molar-refractivity contribution in [2.24, 2.45) is 0 Å². The summed E-state index contributed by atoms with van der Waals surface area (Å²) in [6.07, 6.45) is 1.87. The molecule has 0 fully saturated rings. The zero-order valence-electron chi connectivity index (χ0n) is 11.7. The summed E-state index contributed by atoms with van der Waals surface area (Å²) >= 11 is 0. The van der Waals surface area contributed by atoms with Crippen molar-refractivity contribution in [3.8, 4) is 17.2 Å². The Morgan fingerprint density at radius 1 is 1.26 bits per heavy atom. The van der Waals surface area contributed by atoms with Gasteiger partial charge in [0.1, 0.15) is 17.2 Å². The van der Waals surface area contributed by atoms with Gasteiger partial charge in [-0.15, -0.1) is 0 Å². The highest BCUT2D eigenvalue weighted by Gasteiger charge is 2.12. The highest BCUT2D eigenvalue weighted by molar-refractivity contribution is 5.51. The van der Waals surface area contributed by atoms with E-state index in [4.69, 9.17) is 9.47 Å². The Labute approximate surface area is 113 Å².